The lowest BCUT2D eigenvalue weighted by molar-refractivity contribution is -0.122. The number of nitrogens with one attached hydrogen (secondary N) is 1. The monoisotopic (exact) mass is 446 g/mol. The summed E-state index contributed by atoms with van der Waals surface area (Å²) in [6, 6.07) is 0. The van der Waals surface area contributed by atoms with Crippen LogP contribution >= 0.6 is 11.3 Å². The predicted molar refractivity (Wildman–Crippen MR) is 125 cm³/mol. The van der Waals surface area contributed by atoms with Crippen molar-refractivity contribution >= 4 is 33.3 Å². The van der Waals surface area contributed by atoms with Crippen LogP contribution in [0.1, 0.15) is 29.6 Å². The number of thiophene rings is 1. The standard InChI is InChI=1S/C22H34N6O2S/c1-4-5-23-19(29)15-26-6-8-28(9-7-26)21-20-16(2)17(3)31-22(20)25-18(24-21)14-27-10-12-30-13-11-27/h4-15H2,1-3H3,(H,23,29). The minimum Gasteiger partial charge on any atom is -0.379 e. The highest BCUT2D eigenvalue weighted by Crippen LogP contribution is 2.35. The first-order valence-electron chi connectivity index (χ1n) is 11.4. The van der Waals surface area contributed by atoms with Crippen LogP contribution in [0.15, 0.2) is 0 Å². The summed E-state index contributed by atoms with van der Waals surface area (Å²) in [6.07, 6.45) is 0.968. The third-order valence-corrected chi connectivity index (χ3v) is 7.24. The quantitative estimate of drug-likeness (QED) is 0.695. The van der Waals surface area contributed by atoms with Gasteiger partial charge in [-0.15, -0.1) is 11.3 Å². The molecule has 4 rings (SSSR count). The first-order valence-corrected chi connectivity index (χ1v) is 12.2. The van der Waals surface area contributed by atoms with Crippen molar-refractivity contribution in [3.8, 4) is 0 Å². The Morgan fingerprint density at radius 2 is 1.81 bits per heavy atom. The number of carbonyl (C=O) groups excluding carboxylic acids is 1. The number of hydrogen-bond acceptors (Lipinski definition) is 8. The maximum absolute atomic E-state index is 12.1. The van der Waals surface area contributed by atoms with E-state index in [1.165, 1.54) is 15.8 Å². The molecule has 2 aliphatic heterocycles. The average molecular weight is 447 g/mol. The maximum atomic E-state index is 12.1. The molecule has 2 aromatic rings. The van der Waals surface area contributed by atoms with Crippen molar-refractivity contribution in [1.29, 1.82) is 0 Å². The van der Waals surface area contributed by atoms with Crippen LogP contribution in [0.5, 0.6) is 0 Å². The van der Waals surface area contributed by atoms with E-state index in [1.807, 2.05) is 0 Å². The summed E-state index contributed by atoms with van der Waals surface area (Å²) in [7, 11) is 0. The molecule has 0 aromatic carbocycles. The zero-order valence-corrected chi connectivity index (χ0v) is 19.8. The molecule has 170 valence electrons. The average Bonchev–Trinajstić information content (AvgIpc) is 3.06. The Bertz CT molecular complexity index is 903. The molecule has 2 saturated heterocycles. The maximum Gasteiger partial charge on any atom is 0.234 e. The summed E-state index contributed by atoms with van der Waals surface area (Å²) in [6.45, 7) is 15.3. The highest BCUT2D eigenvalue weighted by molar-refractivity contribution is 7.18. The van der Waals surface area contributed by atoms with Gasteiger partial charge in [0.2, 0.25) is 5.91 Å². The van der Waals surface area contributed by atoms with Gasteiger partial charge in [-0.25, -0.2) is 9.97 Å². The molecule has 2 fully saturated rings. The number of morpholine rings is 1. The van der Waals surface area contributed by atoms with Crippen molar-refractivity contribution < 1.29 is 9.53 Å². The number of hydrogen-bond donors (Lipinski definition) is 1. The lowest BCUT2D eigenvalue weighted by atomic mass is 10.2. The third-order valence-electron chi connectivity index (χ3n) is 6.14. The molecular formula is C22H34N6O2S. The van der Waals surface area contributed by atoms with Crippen molar-refractivity contribution in [2.45, 2.75) is 33.7 Å². The second kappa shape index (κ2) is 10.2. The second-order valence-corrected chi connectivity index (χ2v) is 9.63. The fraction of sp³-hybridized carbons (Fsp3) is 0.682. The Balaban J connectivity index is 1.50. The van der Waals surface area contributed by atoms with E-state index in [1.54, 1.807) is 11.3 Å². The topological polar surface area (TPSA) is 73.8 Å². The van der Waals surface area contributed by atoms with Crippen molar-refractivity contribution in [1.82, 2.24) is 25.1 Å². The van der Waals surface area contributed by atoms with Crippen LogP contribution in [0, 0.1) is 13.8 Å². The van der Waals surface area contributed by atoms with Gasteiger partial charge in [-0.05, 0) is 25.8 Å². The highest BCUT2D eigenvalue weighted by atomic mass is 32.1. The van der Waals surface area contributed by atoms with Crippen LogP contribution in [0.4, 0.5) is 5.82 Å². The number of nitrogens with zero attached hydrogens (tertiary/aromatic N) is 5. The number of anilines is 1. The summed E-state index contributed by atoms with van der Waals surface area (Å²) in [5, 5.41) is 4.17. The molecule has 9 heteroatoms. The lowest BCUT2D eigenvalue weighted by Crippen LogP contribution is -2.50. The van der Waals surface area contributed by atoms with Gasteiger partial charge in [0.15, 0.2) is 0 Å². The molecule has 2 aliphatic rings. The Hall–Kier alpha value is -1.81. The number of piperazine rings is 1. The summed E-state index contributed by atoms with van der Waals surface area (Å²) in [5.74, 6) is 2.08. The molecule has 0 spiro atoms. The molecule has 2 aromatic heterocycles. The summed E-state index contributed by atoms with van der Waals surface area (Å²) >= 11 is 1.77. The van der Waals surface area contributed by atoms with E-state index in [9.17, 15) is 4.79 Å². The van der Waals surface area contributed by atoms with Crippen molar-refractivity contribution in [3.63, 3.8) is 0 Å². The molecule has 0 atom stereocenters. The van der Waals surface area contributed by atoms with E-state index in [4.69, 9.17) is 14.7 Å². The van der Waals surface area contributed by atoms with E-state index < -0.39 is 0 Å². The molecule has 1 amide bonds. The van der Waals surface area contributed by atoms with Crippen LogP contribution in [-0.4, -0.2) is 91.2 Å². The Morgan fingerprint density at radius 1 is 1.06 bits per heavy atom. The van der Waals surface area contributed by atoms with Gasteiger partial charge in [0.05, 0.1) is 31.7 Å². The van der Waals surface area contributed by atoms with E-state index in [-0.39, 0.29) is 5.91 Å². The van der Waals surface area contributed by atoms with E-state index in [2.05, 4.69) is 40.8 Å². The van der Waals surface area contributed by atoms with Crippen LogP contribution in [0.3, 0.4) is 0 Å². The van der Waals surface area contributed by atoms with Gasteiger partial charge in [-0.1, -0.05) is 6.92 Å². The second-order valence-electron chi connectivity index (χ2n) is 8.43. The zero-order valence-electron chi connectivity index (χ0n) is 18.9. The molecule has 8 nitrogen and oxygen atoms in total. The number of amides is 1. The molecule has 31 heavy (non-hydrogen) atoms. The van der Waals surface area contributed by atoms with Crippen molar-refractivity contribution in [3.05, 3.63) is 16.3 Å². The van der Waals surface area contributed by atoms with Gasteiger partial charge in [0.25, 0.3) is 0 Å². The van der Waals surface area contributed by atoms with E-state index in [0.717, 1.165) is 88.5 Å². The van der Waals surface area contributed by atoms with Crippen LogP contribution in [0.25, 0.3) is 10.2 Å². The van der Waals surface area contributed by atoms with E-state index >= 15 is 0 Å². The lowest BCUT2D eigenvalue weighted by Gasteiger charge is -2.35. The Morgan fingerprint density at radius 3 is 2.52 bits per heavy atom. The van der Waals surface area contributed by atoms with Crippen molar-refractivity contribution in [2.75, 3.05) is 70.5 Å². The van der Waals surface area contributed by atoms with Gasteiger partial charge < -0.3 is 15.0 Å². The molecular weight excluding hydrogens is 412 g/mol. The normalized spacial score (nSPS) is 18.6. The third kappa shape index (κ3) is 5.34. The number of fused-ring (bicyclic) bond motifs is 1. The van der Waals surface area contributed by atoms with Gasteiger partial charge >= 0.3 is 0 Å². The first kappa shape index (κ1) is 22.4. The van der Waals surface area contributed by atoms with Crippen molar-refractivity contribution in [2.24, 2.45) is 0 Å². The van der Waals surface area contributed by atoms with E-state index in [0.29, 0.717) is 6.54 Å². The summed E-state index contributed by atoms with van der Waals surface area (Å²) < 4.78 is 5.48. The predicted octanol–water partition coefficient (Wildman–Crippen LogP) is 1.79. The SMILES string of the molecule is CCCNC(=O)CN1CCN(c2nc(CN3CCOCC3)nc3sc(C)c(C)c23)CC1. The van der Waals surface area contributed by atoms with Crippen LogP contribution in [0.2, 0.25) is 0 Å². The first-order chi connectivity index (χ1) is 15.0. The minimum atomic E-state index is 0.122. The molecule has 0 radical (unpaired) electrons. The fourth-order valence-electron chi connectivity index (χ4n) is 4.17. The van der Waals surface area contributed by atoms with Gasteiger partial charge in [0.1, 0.15) is 16.5 Å². The molecule has 1 N–H and O–H groups in total. The summed E-state index contributed by atoms with van der Waals surface area (Å²) in [5.41, 5.74) is 1.29. The fourth-order valence-corrected chi connectivity index (χ4v) is 5.21. The molecule has 0 bridgehead atoms. The summed E-state index contributed by atoms with van der Waals surface area (Å²) in [4.78, 5) is 31.4. The highest BCUT2D eigenvalue weighted by Gasteiger charge is 2.25. The molecule has 0 unspecified atom stereocenters. The van der Waals surface area contributed by atoms with Gasteiger partial charge in [0, 0.05) is 50.7 Å². The molecule has 0 aliphatic carbocycles. The van der Waals surface area contributed by atoms with Crippen LogP contribution in [-0.2, 0) is 16.1 Å². The number of aromatic nitrogens is 2. The number of ether oxygens (including phenoxy) is 1. The smallest absolute Gasteiger partial charge is 0.234 e. The van der Waals surface area contributed by atoms with Crippen LogP contribution < -0.4 is 10.2 Å². The minimum absolute atomic E-state index is 0.122. The Kier molecular flexibility index (Phi) is 7.37. The van der Waals surface area contributed by atoms with Gasteiger partial charge in [-0.3, -0.25) is 14.6 Å². The largest absolute Gasteiger partial charge is 0.379 e. The van der Waals surface area contributed by atoms with Gasteiger partial charge in [-0.2, -0.15) is 0 Å². The zero-order chi connectivity index (χ0) is 21.8. The number of rotatable bonds is 7. The molecule has 4 heterocycles. The number of carbonyl (C=O) groups is 1. The Labute approximate surface area is 188 Å². The number of aryl methyl sites for hydroxylation is 2. The molecule has 0 saturated carbocycles.